The largest absolute Gasteiger partial charge is 0.383 e. The highest BCUT2D eigenvalue weighted by Gasteiger charge is 2.23. The zero-order valence-electron chi connectivity index (χ0n) is 10.7. The molecule has 1 amide bonds. The van der Waals surface area contributed by atoms with Crippen LogP contribution in [0.15, 0.2) is 30.3 Å². The molecule has 3 heteroatoms. The number of aliphatic hydroxyl groups excluding tert-OH is 1. The molecule has 3 nitrogen and oxygen atoms in total. The van der Waals surface area contributed by atoms with Crippen molar-refractivity contribution in [2.75, 3.05) is 13.1 Å². The summed E-state index contributed by atoms with van der Waals surface area (Å²) < 4.78 is 0. The first-order valence-corrected chi connectivity index (χ1v) is 6.78. The number of piperidine rings is 1. The van der Waals surface area contributed by atoms with Crippen molar-refractivity contribution in [3.63, 3.8) is 0 Å². The lowest BCUT2D eigenvalue weighted by Crippen LogP contribution is -2.42. The van der Waals surface area contributed by atoms with E-state index in [4.69, 9.17) is 0 Å². The van der Waals surface area contributed by atoms with Gasteiger partial charge >= 0.3 is 0 Å². The standard InChI is InChI=1S/C15H21NO2/c17-14(10-9-13-7-3-1-4-8-13)15(18)16-11-5-2-6-12-16/h1,3-4,7-8,14,17H,2,5-6,9-12H2. The van der Waals surface area contributed by atoms with Crippen LogP contribution in [-0.2, 0) is 11.2 Å². The molecule has 0 bridgehead atoms. The second-order valence-electron chi connectivity index (χ2n) is 4.93. The summed E-state index contributed by atoms with van der Waals surface area (Å²) in [5, 5.41) is 9.94. The Morgan fingerprint density at radius 1 is 1.17 bits per heavy atom. The molecule has 1 atom stereocenters. The fourth-order valence-electron chi connectivity index (χ4n) is 2.40. The van der Waals surface area contributed by atoms with Crippen LogP contribution in [-0.4, -0.2) is 35.1 Å². The van der Waals surface area contributed by atoms with Gasteiger partial charge in [-0.3, -0.25) is 4.79 Å². The summed E-state index contributed by atoms with van der Waals surface area (Å²) in [6.07, 6.45) is 3.75. The minimum atomic E-state index is -0.844. The minimum Gasteiger partial charge on any atom is -0.383 e. The molecule has 0 spiro atoms. The summed E-state index contributed by atoms with van der Waals surface area (Å²) in [7, 11) is 0. The molecule has 1 N–H and O–H groups in total. The maximum atomic E-state index is 12.0. The van der Waals surface area contributed by atoms with Crippen LogP contribution in [0.4, 0.5) is 0 Å². The van der Waals surface area contributed by atoms with Crippen molar-refractivity contribution >= 4 is 5.91 Å². The van der Waals surface area contributed by atoms with Gasteiger partial charge in [-0.2, -0.15) is 0 Å². The number of hydrogen-bond acceptors (Lipinski definition) is 2. The second kappa shape index (κ2) is 6.55. The zero-order valence-corrected chi connectivity index (χ0v) is 10.7. The number of likely N-dealkylation sites (tertiary alicyclic amines) is 1. The van der Waals surface area contributed by atoms with Crippen molar-refractivity contribution in [1.29, 1.82) is 0 Å². The molecular weight excluding hydrogens is 226 g/mol. The van der Waals surface area contributed by atoms with Crippen molar-refractivity contribution in [3.8, 4) is 0 Å². The Morgan fingerprint density at radius 3 is 2.50 bits per heavy atom. The van der Waals surface area contributed by atoms with E-state index in [0.29, 0.717) is 6.42 Å². The molecule has 1 unspecified atom stereocenters. The van der Waals surface area contributed by atoms with Gasteiger partial charge in [-0.15, -0.1) is 0 Å². The summed E-state index contributed by atoms with van der Waals surface area (Å²) in [5.41, 5.74) is 1.17. The Kier molecular flexibility index (Phi) is 4.76. The number of amides is 1. The summed E-state index contributed by atoms with van der Waals surface area (Å²) in [6, 6.07) is 9.98. The molecule has 0 saturated carbocycles. The minimum absolute atomic E-state index is 0.0920. The number of aliphatic hydroxyl groups is 1. The average molecular weight is 247 g/mol. The third-order valence-electron chi connectivity index (χ3n) is 3.50. The van der Waals surface area contributed by atoms with Crippen LogP contribution in [0.1, 0.15) is 31.2 Å². The Hall–Kier alpha value is -1.35. The monoisotopic (exact) mass is 247 g/mol. The van der Waals surface area contributed by atoms with E-state index in [-0.39, 0.29) is 5.91 Å². The van der Waals surface area contributed by atoms with Crippen LogP contribution in [0.25, 0.3) is 0 Å². The Morgan fingerprint density at radius 2 is 1.83 bits per heavy atom. The van der Waals surface area contributed by atoms with Gasteiger partial charge in [0.2, 0.25) is 0 Å². The van der Waals surface area contributed by atoms with Crippen molar-refractivity contribution < 1.29 is 9.90 Å². The Balaban J connectivity index is 1.80. The highest BCUT2D eigenvalue weighted by molar-refractivity contribution is 5.80. The SMILES string of the molecule is O=C(C(O)CCc1ccccc1)N1CCCCC1. The highest BCUT2D eigenvalue weighted by atomic mass is 16.3. The fraction of sp³-hybridized carbons (Fsp3) is 0.533. The van der Waals surface area contributed by atoms with E-state index < -0.39 is 6.10 Å². The summed E-state index contributed by atoms with van der Waals surface area (Å²) in [4.78, 5) is 13.8. The first-order valence-electron chi connectivity index (χ1n) is 6.78. The summed E-state index contributed by atoms with van der Waals surface area (Å²) in [5.74, 6) is -0.0920. The number of nitrogens with zero attached hydrogens (tertiary/aromatic N) is 1. The first-order chi connectivity index (χ1) is 8.77. The number of benzene rings is 1. The van der Waals surface area contributed by atoms with Gasteiger partial charge in [0.1, 0.15) is 6.10 Å². The van der Waals surface area contributed by atoms with Crippen LogP contribution in [0.2, 0.25) is 0 Å². The van der Waals surface area contributed by atoms with Crippen LogP contribution in [0.3, 0.4) is 0 Å². The number of carbonyl (C=O) groups is 1. The van der Waals surface area contributed by atoms with Crippen LogP contribution >= 0.6 is 0 Å². The van der Waals surface area contributed by atoms with Gasteiger partial charge in [-0.05, 0) is 37.7 Å². The van der Waals surface area contributed by atoms with Crippen molar-refractivity contribution in [2.24, 2.45) is 0 Å². The van der Waals surface area contributed by atoms with E-state index in [2.05, 4.69) is 0 Å². The van der Waals surface area contributed by atoms with Crippen LogP contribution in [0.5, 0.6) is 0 Å². The molecule has 1 fully saturated rings. The van der Waals surface area contributed by atoms with Gasteiger partial charge in [-0.1, -0.05) is 30.3 Å². The number of aryl methyl sites for hydroxylation is 1. The van der Waals surface area contributed by atoms with Crippen molar-refractivity contribution in [1.82, 2.24) is 4.90 Å². The Bertz CT molecular complexity index is 371. The zero-order chi connectivity index (χ0) is 12.8. The molecule has 1 saturated heterocycles. The first kappa shape index (κ1) is 13.1. The molecule has 1 heterocycles. The van der Waals surface area contributed by atoms with Crippen LogP contribution in [0, 0.1) is 0 Å². The number of carbonyl (C=O) groups excluding carboxylic acids is 1. The van der Waals surface area contributed by atoms with Gasteiger partial charge in [0.15, 0.2) is 0 Å². The molecule has 98 valence electrons. The summed E-state index contributed by atoms with van der Waals surface area (Å²) in [6.45, 7) is 1.61. The highest BCUT2D eigenvalue weighted by Crippen LogP contribution is 2.12. The lowest BCUT2D eigenvalue weighted by Gasteiger charge is -2.28. The molecule has 1 aromatic carbocycles. The van der Waals surface area contributed by atoms with E-state index in [0.717, 1.165) is 32.4 Å². The normalized spacial score (nSPS) is 17.5. The molecule has 1 aliphatic heterocycles. The third-order valence-corrected chi connectivity index (χ3v) is 3.50. The molecule has 0 aromatic heterocycles. The van der Waals surface area contributed by atoms with Gasteiger partial charge in [-0.25, -0.2) is 0 Å². The third kappa shape index (κ3) is 3.57. The van der Waals surface area contributed by atoms with Gasteiger partial charge in [0.05, 0.1) is 0 Å². The van der Waals surface area contributed by atoms with E-state index in [1.54, 1.807) is 4.90 Å². The number of rotatable bonds is 4. The van der Waals surface area contributed by atoms with E-state index >= 15 is 0 Å². The van der Waals surface area contributed by atoms with Gasteiger partial charge in [0.25, 0.3) is 5.91 Å². The fourth-order valence-corrected chi connectivity index (χ4v) is 2.40. The predicted molar refractivity (Wildman–Crippen MR) is 71.2 cm³/mol. The smallest absolute Gasteiger partial charge is 0.251 e. The van der Waals surface area contributed by atoms with Crippen LogP contribution < -0.4 is 0 Å². The van der Waals surface area contributed by atoms with Crippen molar-refractivity contribution in [3.05, 3.63) is 35.9 Å². The lowest BCUT2D eigenvalue weighted by molar-refractivity contribution is -0.141. The molecule has 0 radical (unpaired) electrons. The maximum absolute atomic E-state index is 12.0. The average Bonchev–Trinajstić information content (AvgIpc) is 2.46. The molecular formula is C15H21NO2. The molecule has 1 aliphatic rings. The maximum Gasteiger partial charge on any atom is 0.251 e. The van der Waals surface area contributed by atoms with Gasteiger partial charge < -0.3 is 10.0 Å². The number of hydrogen-bond donors (Lipinski definition) is 1. The van der Waals surface area contributed by atoms with Gasteiger partial charge in [0, 0.05) is 13.1 Å². The molecule has 18 heavy (non-hydrogen) atoms. The van der Waals surface area contributed by atoms with E-state index in [9.17, 15) is 9.90 Å². The van der Waals surface area contributed by atoms with E-state index in [1.165, 1.54) is 12.0 Å². The Labute approximate surface area is 108 Å². The molecule has 1 aromatic rings. The lowest BCUT2D eigenvalue weighted by atomic mass is 10.0. The molecule has 0 aliphatic carbocycles. The second-order valence-corrected chi connectivity index (χ2v) is 4.93. The predicted octanol–water partition coefficient (Wildman–Crippen LogP) is 1.99. The topological polar surface area (TPSA) is 40.5 Å². The van der Waals surface area contributed by atoms with E-state index in [1.807, 2.05) is 30.3 Å². The van der Waals surface area contributed by atoms with Crippen molar-refractivity contribution in [2.45, 2.75) is 38.2 Å². The molecule has 2 rings (SSSR count). The summed E-state index contributed by atoms with van der Waals surface area (Å²) >= 11 is 0. The quantitative estimate of drug-likeness (QED) is 0.884.